The van der Waals surface area contributed by atoms with Gasteiger partial charge in [-0.05, 0) is 51.8 Å². The summed E-state index contributed by atoms with van der Waals surface area (Å²) < 4.78 is 11.1. The molecule has 1 aliphatic carbocycles. The van der Waals surface area contributed by atoms with Gasteiger partial charge in [-0.25, -0.2) is 15.0 Å². The molecule has 2 unspecified atom stereocenters. The summed E-state index contributed by atoms with van der Waals surface area (Å²) in [5.74, 6) is 0.846. The summed E-state index contributed by atoms with van der Waals surface area (Å²) in [6.07, 6.45) is 4.21. The van der Waals surface area contributed by atoms with Crippen molar-refractivity contribution in [3.63, 3.8) is 0 Å². The summed E-state index contributed by atoms with van der Waals surface area (Å²) >= 11 is 0. The van der Waals surface area contributed by atoms with Gasteiger partial charge in [-0.2, -0.15) is 0 Å². The van der Waals surface area contributed by atoms with E-state index in [-0.39, 0.29) is 17.8 Å². The Morgan fingerprint density at radius 2 is 1.91 bits per heavy atom. The summed E-state index contributed by atoms with van der Waals surface area (Å²) in [7, 11) is 1.61. The number of nitrogens with zero attached hydrogens (tertiary/aromatic N) is 3. The van der Waals surface area contributed by atoms with E-state index in [2.05, 4.69) is 40.4 Å². The molecule has 7 nitrogen and oxygen atoms in total. The average molecular weight is 447 g/mol. The first-order valence-corrected chi connectivity index (χ1v) is 11.1. The summed E-state index contributed by atoms with van der Waals surface area (Å²) in [6.45, 7) is 8.35. The molecule has 2 heterocycles. The zero-order valence-electron chi connectivity index (χ0n) is 19.8. The molecule has 1 saturated carbocycles. The number of hydrogen-bond donors (Lipinski definition) is 1. The third kappa shape index (κ3) is 5.66. The summed E-state index contributed by atoms with van der Waals surface area (Å²) in [6, 6.07) is 12.1. The van der Waals surface area contributed by atoms with Gasteiger partial charge in [0.25, 0.3) is 0 Å². The molecule has 0 spiro atoms. The Hall–Kier alpha value is -3.48. The van der Waals surface area contributed by atoms with Crippen LogP contribution in [0.25, 0.3) is 11.3 Å². The van der Waals surface area contributed by atoms with E-state index in [1.807, 2.05) is 39.0 Å². The lowest BCUT2D eigenvalue weighted by Gasteiger charge is -2.19. The molecule has 1 aliphatic rings. The summed E-state index contributed by atoms with van der Waals surface area (Å²) in [5, 5.41) is 3.25. The second-order valence-electron chi connectivity index (χ2n) is 9.40. The molecule has 2 aromatic heterocycles. The normalized spacial score (nSPS) is 17.4. The van der Waals surface area contributed by atoms with E-state index in [4.69, 9.17) is 14.5 Å². The van der Waals surface area contributed by atoms with E-state index in [9.17, 15) is 4.79 Å². The standard InChI is InChI=1S/C26H30N4O3/c1-16-7-6-8-17(11-16)13-27-25-28-14-18(15-29-25)21-9-10-22(32-5)23(30-21)19-12-20(19)24(31)33-26(2,3)4/h6-11,14-15,19-20H,12-13H2,1-5H3,(H,27,28,29). The quantitative estimate of drug-likeness (QED) is 0.516. The van der Waals surface area contributed by atoms with E-state index in [1.165, 1.54) is 11.1 Å². The number of benzene rings is 1. The molecule has 172 valence electrons. The number of hydrogen-bond acceptors (Lipinski definition) is 7. The molecule has 0 radical (unpaired) electrons. The van der Waals surface area contributed by atoms with Crippen molar-refractivity contribution in [2.24, 2.45) is 5.92 Å². The van der Waals surface area contributed by atoms with Crippen molar-refractivity contribution in [1.82, 2.24) is 15.0 Å². The lowest BCUT2D eigenvalue weighted by molar-refractivity contribution is -0.156. The number of anilines is 1. The number of nitrogens with one attached hydrogen (secondary N) is 1. The van der Waals surface area contributed by atoms with E-state index >= 15 is 0 Å². The number of esters is 1. The topological polar surface area (TPSA) is 86.2 Å². The first-order chi connectivity index (χ1) is 15.7. The van der Waals surface area contributed by atoms with Gasteiger partial charge in [-0.1, -0.05) is 29.8 Å². The molecule has 0 bridgehead atoms. The largest absolute Gasteiger partial charge is 0.495 e. The minimum atomic E-state index is -0.504. The van der Waals surface area contributed by atoms with Crippen molar-refractivity contribution in [2.75, 3.05) is 12.4 Å². The first-order valence-electron chi connectivity index (χ1n) is 11.1. The minimum Gasteiger partial charge on any atom is -0.495 e. The lowest BCUT2D eigenvalue weighted by Crippen LogP contribution is -2.25. The molecule has 7 heteroatoms. The van der Waals surface area contributed by atoms with Crippen LogP contribution in [0.1, 0.15) is 49.9 Å². The Labute approximate surface area is 194 Å². The van der Waals surface area contributed by atoms with Crippen LogP contribution in [-0.2, 0) is 16.1 Å². The second-order valence-corrected chi connectivity index (χ2v) is 9.40. The Morgan fingerprint density at radius 1 is 1.15 bits per heavy atom. The molecule has 1 fully saturated rings. The molecular formula is C26H30N4O3. The number of carbonyl (C=O) groups excluding carboxylic acids is 1. The molecular weight excluding hydrogens is 416 g/mol. The minimum absolute atomic E-state index is 0.00839. The van der Waals surface area contributed by atoms with E-state index < -0.39 is 5.60 Å². The van der Waals surface area contributed by atoms with Crippen LogP contribution in [0.3, 0.4) is 0 Å². The van der Waals surface area contributed by atoms with Crippen LogP contribution in [0.5, 0.6) is 5.75 Å². The van der Waals surface area contributed by atoms with Crippen LogP contribution in [0.2, 0.25) is 0 Å². The SMILES string of the molecule is COc1ccc(-c2cnc(NCc3cccc(C)c3)nc2)nc1C1CC1C(=O)OC(C)(C)C. The van der Waals surface area contributed by atoms with Crippen molar-refractivity contribution in [3.8, 4) is 17.0 Å². The molecule has 0 aliphatic heterocycles. The zero-order chi connectivity index (χ0) is 23.6. The molecule has 3 aromatic rings. The van der Waals surface area contributed by atoms with Crippen molar-refractivity contribution < 1.29 is 14.3 Å². The Bertz CT molecular complexity index is 1140. The fourth-order valence-corrected chi connectivity index (χ4v) is 3.75. The fourth-order valence-electron chi connectivity index (χ4n) is 3.75. The Balaban J connectivity index is 1.46. The molecule has 4 rings (SSSR count). The van der Waals surface area contributed by atoms with Gasteiger partial charge in [0.2, 0.25) is 5.95 Å². The van der Waals surface area contributed by atoms with Crippen LogP contribution in [0, 0.1) is 12.8 Å². The number of ether oxygens (including phenoxy) is 2. The third-order valence-electron chi connectivity index (χ3n) is 5.44. The van der Waals surface area contributed by atoms with Crippen LogP contribution in [-0.4, -0.2) is 33.6 Å². The first kappa shape index (κ1) is 22.7. The maximum absolute atomic E-state index is 12.5. The van der Waals surface area contributed by atoms with Gasteiger partial charge in [-0.15, -0.1) is 0 Å². The highest BCUT2D eigenvalue weighted by atomic mass is 16.6. The molecule has 33 heavy (non-hydrogen) atoms. The summed E-state index contributed by atoms with van der Waals surface area (Å²) in [5.41, 5.74) is 4.20. The van der Waals surface area contributed by atoms with Gasteiger partial charge in [0.15, 0.2) is 0 Å². The molecule has 1 aromatic carbocycles. The predicted octanol–water partition coefficient (Wildman–Crippen LogP) is 4.91. The van der Waals surface area contributed by atoms with Gasteiger partial charge in [-0.3, -0.25) is 4.79 Å². The van der Waals surface area contributed by atoms with Crippen molar-refractivity contribution >= 4 is 11.9 Å². The van der Waals surface area contributed by atoms with E-state index in [1.54, 1.807) is 19.5 Å². The Kier molecular flexibility index (Phi) is 6.31. The van der Waals surface area contributed by atoms with Gasteiger partial charge >= 0.3 is 5.97 Å². The van der Waals surface area contributed by atoms with Crippen LogP contribution < -0.4 is 10.1 Å². The molecule has 0 amide bonds. The van der Waals surface area contributed by atoms with Gasteiger partial charge in [0.1, 0.15) is 11.4 Å². The number of methoxy groups -OCH3 is 1. The smallest absolute Gasteiger partial charge is 0.310 e. The number of pyridine rings is 1. The number of rotatable bonds is 7. The van der Waals surface area contributed by atoms with Crippen LogP contribution in [0.15, 0.2) is 48.8 Å². The maximum atomic E-state index is 12.5. The van der Waals surface area contributed by atoms with Crippen molar-refractivity contribution in [1.29, 1.82) is 0 Å². The highest BCUT2D eigenvalue weighted by Gasteiger charge is 2.48. The van der Waals surface area contributed by atoms with Crippen LogP contribution in [0.4, 0.5) is 5.95 Å². The highest BCUT2D eigenvalue weighted by Crippen LogP contribution is 2.51. The van der Waals surface area contributed by atoms with Gasteiger partial charge < -0.3 is 14.8 Å². The van der Waals surface area contributed by atoms with Gasteiger partial charge in [0, 0.05) is 30.4 Å². The van der Waals surface area contributed by atoms with Crippen molar-refractivity contribution in [3.05, 3.63) is 65.6 Å². The third-order valence-corrected chi connectivity index (χ3v) is 5.44. The van der Waals surface area contributed by atoms with Gasteiger partial charge in [0.05, 0.1) is 24.4 Å². The van der Waals surface area contributed by atoms with Crippen LogP contribution >= 0.6 is 0 Å². The van der Waals surface area contributed by atoms with E-state index in [0.29, 0.717) is 24.7 Å². The molecule has 2 atom stereocenters. The van der Waals surface area contributed by atoms with Crippen molar-refractivity contribution in [2.45, 2.75) is 52.2 Å². The number of aryl methyl sites for hydroxylation is 1. The Morgan fingerprint density at radius 3 is 2.58 bits per heavy atom. The average Bonchev–Trinajstić information content (AvgIpc) is 3.58. The second kappa shape index (κ2) is 9.17. The number of aromatic nitrogens is 3. The fraction of sp³-hybridized carbons (Fsp3) is 0.385. The monoisotopic (exact) mass is 446 g/mol. The lowest BCUT2D eigenvalue weighted by atomic mass is 10.1. The number of carbonyl (C=O) groups is 1. The van der Waals surface area contributed by atoms with E-state index in [0.717, 1.165) is 17.0 Å². The molecule has 0 saturated heterocycles. The molecule has 1 N–H and O–H groups in total. The predicted molar refractivity (Wildman–Crippen MR) is 127 cm³/mol. The summed E-state index contributed by atoms with van der Waals surface area (Å²) in [4.78, 5) is 26.1. The highest BCUT2D eigenvalue weighted by molar-refractivity contribution is 5.78. The maximum Gasteiger partial charge on any atom is 0.310 e. The zero-order valence-corrected chi connectivity index (χ0v) is 19.8.